The number of hydrogen-bond acceptors (Lipinski definition) is 4. The summed E-state index contributed by atoms with van der Waals surface area (Å²) in [5, 5.41) is 29.5. The predicted octanol–water partition coefficient (Wildman–Crippen LogP) is 0.0998. The number of aliphatic hydroxyl groups excluding tert-OH is 1. The van der Waals surface area contributed by atoms with Gasteiger partial charge in [0, 0.05) is 6.54 Å². The molecule has 0 spiro atoms. The fourth-order valence-electron chi connectivity index (χ4n) is 1.13. The van der Waals surface area contributed by atoms with E-state index in [1.165, 1.54) is 12.1 Å². The van der Waals surface area contributed by atoms with E-state index in [1.54, 1.807) is 12.1 Å². The van der Waals surface area contributed by atoms with Crippen LogP contribution in [0.3, 0.4) is 0 Å². The number of rotatable bonds is 5. The molecule has 1 rings (SSSR count). The summed E-state index contributed by atoms with van der Waals surface area (Å²) < 4.78 is 0. The number of aromatic hydroxyl groups is 1. The van der Waals surface area contributed by atoms with Crippen molar-refractivity contribution < 1.29 is 20.1 Å². The Morgan fingerprint density at radius 2 is 1.93 bits per heavy atom. The third kappa shape index (κ3) is 3.97. The average Bonchev–Trinajstić information content (AvgIpc) is 2.18. The second-order valence-corrected chi connectivity index (χ2v) is 3.13. The zero-order valence-corrected chi connectivity index (χ0v) is 8.05. The van der Waals surface area contributed by atoms with Crippen LogP contribution in [0.1, 0.15) is 11.7 Å². The highest BCUT2D eigenvalue weighted by molar-refractivity contribution is 5.68. The lowest BCUT2D eigenvalue weighted by atomic mass is 10.1. The lowest BCUT2D eigenvalue weighted by Gasteiger charge is -2.10. The van der Waals surface area contributed by atoms with E-state index in [-0.39, 0.29) is 18.8 Å². The summed E-state index contributed by atoms with van der Waals surface area (Å²) in [7, 11) is 0. The number of carboxylic acid groups (broad SMARTS) is 1. The first kappa shape index (κ1) is 11.5. The summed E-state index contributed by atoms with van der Waals surface area (Å²) in [4.78, 5) is 10.2. The molecule has 1 atom stereocenters. The molecule has 0 heterocycles. The molecule has 5 nitrogen and oxygen atoms in total. The molecule has 0 aliphatic rings. The number of phenols is 1. The van der Waals surface area contributed by atoms with Gasteiger partial charge in [0.2, 0.25) is 0 Å². The van der Waals surface area contributed by atoms with Crippen molar-refractivity contribution in [1.82, 2.24) is 5.32 Å². The van der Waals surface area contributed by atoms with Crippen LogP contribution in [0.25, 0.3) is 0 Å². The molecule has 0 aliphatic heterocycles. The molecule has 1 aromatic carbocycles. The number of nitrogens with one attached hydrogen (secondary N) is 1. The molecule has 1 unspecified atom stereocenters. The van der Waals surface area contributed by atoms with Crippen molar-refractivity contribution >= 4 is 5.97 Å². The van der Waals surface area contributed by atoms with Gasteiger partial charge in [-0.05, 0) is 17.7 Å². The fourth-order valence-corrected chi connectivity index (χ4v) is 1.13. The van der Waals surface area contributed by atoms with Gasteiger partial charge in [0.05, 0.1) is 12.6 Å². The first-order valence-corrected chi connectivity index (χ1v) is 4.49. The molecule has 0 aliphatic carbocycles. The van der Waals surface area contributed by atoms with Crippen molar-refractivity contribution in [3.05, 3.63) is 29.8 Å². The Morgan fingerprint density at radius 1 is 1.33 bits per heavy atom. The Labute approximate surface area is 87.0 Å². The lowest BCUT2D eigenvalue weighted by molar-refractivity contribution is -0.136. The van der Waals surface area contributed by atoms with Gasteiger partial charge < -0.3 is 20.6 Å². The standard InChI is InChI=1S/C10H13NO4/c12-8-3-1-7(2-4-8)9(13)5-11-6-10(14)15/h1-4,9,11-13H,5-6H2,(H,14,15). The predicted molar refractivity (Wildman–Crippen MR) is 53.6 cm³/mol. The second-order valence-electron chi connectivity index (χ2n) is 3.13. The second kappa shape index (κ2) is 5.33. The van der Waals surface area contributed by atoms with Gasteiger partial charge in [0.25, 0.3) is 0 Å². The monoisotopic (exact) mass is 211 g/mol. The van der Waals surface area contributed by atoms with Crippen molar-refractivity contribution in [2.45, 2.75) is 6.10 Å². The molecule has 0 fully saturated rings. The smallest absolute Gasteiger partial charge is 0.317 e. The van der Waals surface area contributed by atoms with Gasteiger partial charge in [-0.3, -0.25) is 4.79 Å². The quantitative estimate of drug-likeness (QED) is 0.554. The molecule has 0 amide bonds. The molecule has 0 bridgehead atoms. The number of carbonyl (C=O) groups is 1. The van der Waals surface area contributed by atoms with Crippen molar-refractivity contribution in [2.24, 2.45) is 0 Å². The van der Waals surface area contributed by atoms with E-state index in [2.05, 4.69) is 5.32 Å². The molecule has 0 aromatic heterocycles. The zero-order valence-electron chi connectivity index (χ0n) is 8.05. The molecule has 0 saturated carbocycles. The fraction of sp³-hybridized carbons (Fsp3) is 0.300. The van der Waals surface area contributed by atoms with Crippen LogP contribution in [-0.4, -0.2) is 34.4 Å². The normalized spacial score (nSPS) is 12.3. The Balaban J connectivity index is 2.43. The molecule has 4 N–H and O–H groups in total. The summed E-state index contributed by atoms with van der Waals surface area (Å²) >= 11 is 0. The van der Waals surface area contributed by atoms with Crippen LogP contribution in [0.2, 0.25) is 0 Å². The Morgan fingerprint density at radius 3 is 2.47 bits per heavy atom. The third-order valence-corrected chi connectivity index (χ3v) is 1.89. The summed E-state index contributed by atoms with van der Waals surface area (Å²) in [6.07, 6.45) is -0.773. The molecule has 0 saturated heterocycles. The molecule has 5 heteroatoms. The third-order valence-electron chi connectivity index (χ3n) is 1.89. The largest absolute Gasteiger partial charge is 0.508 e. The molecular weight excluding hydrogens is 198 g/mol. The van der Waals surface area contributed by atoms with Crippen LogP contribution in [0.5, 0.6) is 5.75 Å². The minimum atomic E-state index is -0.965. The van der Waals surface area contributed by atoms with E-state index in [1.807, 2.05) is 0 Å². The van der Waals surface area contributed by atoms with Crippen LogP contribution in [0.4, 0.5) is 0 Å². The summed E-state index contributed by atoms with van der Waals surface area (Å²) in [5.74, 6) is -0.836. The first-order valence-electron chi connectivity index (χ1n) is 4.49. The Kier molecular flexibility index (Phi) is 4.08. The molecule has 82 valence electrons. The van der Waals surface area contributed by atoms with E-state index in [4.69, 9.17) is 10.2 Å². The van der Waals surface area contributed by atoms with Crippen LogP contribution in [-0.2, 0) is 4.79 Å². The number of aliphatic hydroxyl groups is 1. The van der Waals surface area contributed by atoms with E-state index >= 15 is 0 Å². The van der Waals surface area contributed by atoms with Crippen molar-refractivity contribution in [3.63, 3.8) is 0 Å². The van der Waals surface area contributed by atoms with E-state index < -0.39 is 12.1 Å². The Hall–Kier alpha value is -1.59. The maximum Gasteiger partial charge on any atom is 0.317 e. The van der Waals surface area contributed by atoms with Crippen LogP contribution < -0.4 is 5.32 Å². The maximum atomic E-state index is 10.2. The minimum Gasteiger partial charge on any atom is -0.508 e. The van der Waals surface area contributed by atoms with E-state index in [0.717, 1.165) is 0 Å². The van der Waals surface area contributed by atoms with Gasteiger partial charge in [-0.25, -0.2) is 0 Å². The van der Waals surface area contributed by atoms with E-state index in [0.29, 0.717) is 5.56 Å². The number of phenolic OH excluding ortho intramolecular Hbond substituents is 1. The topological polar surface area (TPSA) is 89.8 Å². The first-order chi connectivity index (χ1) is 7.09. The maximum absolute atomic E-state index is 10.2. The Bertz CT molecular complexity index is 323. The van der Waals surface area contributed by atoms with E-state index in [9.17, 15) is 9.90 Å². The number of benzene rings is 1. The number of hydrogen-bond donors (Lipinski definition) is 4. The van der Waals surface area contributed by atoms with Gasteiger partial charge in [-0.1, -0.05) is 12.1 Å². The minimum absolute atomic E-state index is 0.129. The lowest BCUT2D eigenvalue weighted by Crippen LogP contribution is -2.27. The molecular formula is C10H13NO4. The van der Waals surface area contributed by atoms with Crippen LogP contribution >= 0.6 is 0 Å². The van der Waals surface area contributed by atoms with Gasteiger partial charge in [-0.15, -0.1) is 0 Å². The van der Waals surface area contributed by atoms with Gasteiger partial charge >= 0.3 is 5.97 Å². The summed E-state index contributed by atoms with van der Waals surface area (Å²) in [6.45, 7) is -0.0216. The zero-order chi connectivity index (χ0) is 11.3. The molecule has 1 aromatic rings. The van der Waals surface area contributed by atoms with Gasteiger partial charge in [-0.2, -0.15) is 0 Å². The molecule has 15 heavy (non-hydrogen) atoms. The van der Waals surface area contributed by atoms with Crippen LogP contribution in [0, 0.1) is 0 Å². The average molecular weight is 211 g/mol. The number of aliphatic carboxylic acids is 1. The van der Waals surface area contributed by atoms with Crippen molar-refractivity contribution in [2.75, 3.05) is 13.1 Å². The van der Waals surface area contributed by atoms with Gasteiger partial charge in [0.15, 0.2) is 0 Å². The highest BCUT2D eigenvalue weighted by atomic mass is 16.4. The van der Waals surface area contributed by atoms with Crippen molar-refractivity contribution in [1.29, 1.82) is 0 Å². The number of carboxylic acids is 1. The SMILES string of the molecule is O=C(O)CNCC(O)c1ccc(O)cc1. The van der Waals surface area contributed by atoms with Crippen molar-refractivity contribution in [3.8, 4) is 5.75 Å². The van der Waals surface area contributed by atoms with Gasteiger partial charge in [0.1, 0.15) is 5.75 Å². The van der Waals surface area contributed by atoms with Crippen LogP contribution in [0.15, 0.2) is 24.3 Å². The summed E-state index contributed by atoms with van der Waals surface area (Å²) in [6, 6.07) is 6.11. The highest BCUT2D eigenvalue weighted by Crippen LogP contribution is 2.15. The summed E-state index contributed by atoms with van der Waals surface area (Å²) in [5.41, 5.74) is 0.630. The highest BCUT2D eigenvalue weighted by Gasteiger charge is 2.07. The molecule has 0 radical (unpaired) electrons.